The van der Waals surface area contributed by atoms with Crippen molar-refractivity contribution < 1.29 is 9.52 Å². The minimum Gasteiger partial charge on any atom is -0.466 e. The maximum absolute atomic E-state index is 11.7. The molecule has 0 fully saturated rings. The first-order valence-corrected chi connectivity index (χ1v) is 9.81. The molecule has 2 heterocycles. The summed E-state index contributed by atoms with van der Waals surface area (Å²) < 4.78 is 7.24. The topological polar surface area (TPSA) is 91.8 Å². The summed E-state index contributed by atoms with van der Waals surface area (Å²) in [7, 11) is 0. The van der Waals surface area contributed by atoms with Gasteiger partial charge in [0, 0.05) is 37.5 Å². The second-order valence-corrected chi connectivity index (χ2v) is 7.16. The molecule has 3 N–H and O–H groups in total. The monoisotopic (exact) mass is 516 g/mol. The lowest BCUT2D eigenvalue weighted by Gasteiger charge is -2.21. The van der Waals surface area contributed by atoms with Gasteiger partial charge in [0.05, 0.1) is 6.54 Å². The molecule has 0 saturated heterocycles. The highest BCUT2D eigenvalue weighted by Gasteiger charge is 2.27. The summed E-state index contributed by atoms with van der Waals surface area (Å²) in [6, 6.07) is 7.05. The van der Waals surface area contributed by atoms with Crippen LogP contribution < -0.4 is 16.2 Å². The van der Waals surface area contributed by atoms with Gasteiger partial charge in [0.1, 0.15) is 17.1 Å². The highest BCUT2D eigenvalue weighted by Crippen LogP contribution is 2.27. The second-order valence-electron chi connectivity index (χ2n) is 7.16. The number of unbranched alkanes of at least 4 members (excludes halogenated alkanes) is 1. The van der Waals surface area contributed by atoms with Crippen molar-refractivity contribution in [2.24, 2.45) is 4.99 Å². The van der Waals surface area contributed by atoms with Crippen LogP contribution in [-0.2, 0) is 12.1 Å². The zero-order valence-corrected chi connectivity index (χ0v) is 20.0. The number of rotatable bonds is 9. The zero-order chi connectivity index (χ0) is 20.6. The third-order valence-electron chi connectivity index (χ3n) is 4.53. The van der Waals surface area contributed by atoms with E-state index in [2.05, 4.69) is 15.6 Å². The van der Waals surface area contributed by atoms with E-state index in [1.165, 1.54) is 0 Å². The van der Waals surface area contributed by atoms with Crippen molar-refractivity contribution in [1.29, 1.82) is 0 Å². The van der Waals surface area contributed by atoms with Gasteiger partial charge in [-0.15, -0.1) is 24.0 Å². The Bertz CT molecular complexity index is 842. The molecule has 0 saturated carbocycles. The Hall–Kier alpha value is -1.81. The molecular weight excluding hydrogens is 483 g/mol. The van der Waals surface area contributed by atoms with Gasteiger partial charge < -0.3 is 24.7 Å². The Balaban J connectivity index is 0.00000420. The fourth-order valence-corrected chi connectivity index (χ4v) is 3.08. The van der Waals surface area contributed by atoms with E-state index in [1.807, 2.05) is 39.1 Å². The molecule has 8 heteroatoms. The number of furan rings is 1. The van der Waals surface area contributed by atoms with Crippen molar-refractivity contribution in [1.82, 2.24) is 15.2 Å². The van der Waals surface area contributed by atoms with Crippen LogP contribution in [0.5, 0.6) is 0 Å². The second kappa shape index (κ2) is 12.0. The summed E-state index contributed by atoms with van der Waals surface area (Å²) in [4.78, 5) is 16.2. The van der Waals surface area contributed by atoms with Crippen LogP contribution in [0, 0.1) is 13.8 Å². The van der Waals surface area contributed by atoms with Crippen LogP contribution in [0.25, 0.3) is 0 Å². The van der Waals surface area contributed by atoms with Crippen molar-refractivity contribution >= 4 is 29.9 Å². The number of hydrogen-bond acceptors (Lipinski definition) is 4. The average Bonchev–Trinajstić information content (AvgIpc) is 3.00. The summed E-state index contributed by atoms with van der Waals surface area (Å²) in [6.45, 7) is 9.85. The molecule has 0 aliphatic carbocycles. The lowest BCUT2D eigenvalue weighted by atomic mass is 9.96. The van der Waals surface area contributed by atoms with E-state index in [-0.39, 0.29) is 36.1 Å². The maximum atomic E-state index is 11.7. The first kappa shape index (κ1) is 25.2. The number of pyridine rings is 1. The van der Waals surface area contributed by atoms with E-state index in [4.69, 9.17) is 4.42 Å². The predicted molar refractivity (Wildman–Crippen MR) is 127 cm³/mol. The largest absolute Gasteiger partial charge is 0.466 e. The van der Waals surface area contributed by atoms with Gasteiger partial charge in [-0.25, -0.2) is 4.99 Å². The molecule has 0 aliphatic rings. The molecule has 1 unspecified atom stereocenters. The minimum atomic E-state index is -1.10. The number of nitrogens with zero attached hydrogens (tertiary/aromatic N) is 2. The molecular formula is C21H33IN4O3. The van der Waals surface area contributed by atoms with Crippen molar-refractivity contribution in [3.05, 3.63) is 57.9 Å². The summed E-state index contributed by atoms with van der Waals surface area (Å²) in [5, 5.41) is 17.3. The molecule has 2 rings (SSSR count). The van der Waals surface area contributed by atoms with E-state index < -0.39 is 5.60 Å². The maximum Gasteiger partial charge on any atom is 0.250 e. The third-order valence-corrected chi connectivity index (χ3v) is 4.53. The van der Waals surface area contributed by atoms with Crippen molar-refractivity contribution in [3.8, 4) is 0 Å². The highest BCUT2D eigenvalue weighted by molar-refractivity contribution is 14.0. The lowest BCUT2D eigenvalue weighted by molar-refractivity contribution is 0.0657. The normalized spacial score (nSPS) is 13.5. The van der Waals surface area contributed by atoms with Crippen LogP contribution in [0.1, 0.15) is 43.8 Å². The lowest BCUT2D eigenvalue weighted by Crippen LogP contribution is -2.39. The molecule has 0 amide bonds. The van der Waals surface area contributed by atoms with Gasteiger partial charge in [0.25, 0.3) is 0 Å². The molecule has 29 heavy (non-hydrogen) atoms. The fourth-order valence-electron chi connectivity index (χ4n) is 3.08. The zero-order valence-electron chi connectivity index (χ0n) is 17.7. The highest BCUT2D eigenvalue weighted by atomic mass is 127. The number of aliphatic hydroxyl groups is 1. The summed E-state index contributed by atoms with van der Waals surface area (Å²) >= 11 is 0. The number of guanidine groups is 1. The number of aryl methyl sites for hydroxylation is 3. The third kappa shape index (κ3) is 7.85. The molecule has 162 valence electrons. The molecule has 7 nitrogen and oxygen atoms in total. The van der Waals surface area contributed by atoms with E-state index in [1.54, 1.807) is 23.6 Å². The number of aliphatic imine (C=N–C) groups is 1. The summed E-state index contributed by atoms with van der Waals surface area (Å²) in [5.41, 5.74) is -0.311. The van der Waals surface area contributed by atoms with Gasteiger partial charge in [0.15, 0.2) is 5.96 Å². The first-order valence-electron chi connectivity index (χ1n) is 9.81. The quantitative estimate of drug-likeness (QED) is 0.206. The number of nitrogens with one attached hydrogen (secondary N) is 2. The molecule has 0 aromatic carbocycles. The van der Waals surface area contributed by atoms with Gasteiger partial charge in [-0.2, -0.15) is 0 Å². The van der Waals surface area contributed by atoms with Crippen LogP contribution in [0.15, 0.2) is 44.7 Å². The Morgan fingerprint density at radius 1 is 1.28 bits per heavy atom. The van der Waals surface area contributed by atoms with Crippen LogP contribution in [-0.4, -0.2) is 35.3 Å². The molecule has 0 bridgehead atoms. The van der Waals surface area contributed by atoms with Crippen LogP contribution in [0.4, 0.5) is 0 Å². The van der Waals surface area contributed by atoms with E-state index in [0.29, 0.717) is 18.3 Å². The number of aromatic nitrogens is 1. The Kier molecular flexibility index (Phi) is 10.5. The van der Waals surface area contributed by atoms with Gasteiger partial charge in [-0.3, -0.25) is 4.79 Å². The van der Waals surface area contributed by atoms with E-state index in [0.717, 1.165) is 37.3 Å². The van der Waals surface area contributed by atoms with Crippen LogP contribution in [0.2, 0.25) is 0 Å². The molecule has 0 radical (unpaired) electrons. The fraction of sp³-hybridized carbons (Fsp3) is 0.524. The molecule has 1 atom stereocenters. The predicted octanol–water partition coefficient (Wildman–Crippen LogP) is 2.92. The van der Waals surface area contributed by atoms with E-state index in [9.17, 15) is 9.90 Å². The molecule has 0 spiro atoms. The minimum absolute atomic E-state index is 0. The van der Waals surface area contributed by atoms with Crippen molar-refractivity contribution in [2.45, 2.75) is 52.7 Å². The standard InChI is InChI=1S/C21H32N4O3.HI/c1-5-22-20(23-11-7-9-13-25-12-8-6-10-19(25)26)24-15-21(4,27)18-14-16(2)28-17(18)3;/h6,8,10,12,14,27H,5,7,9,11,13,15H2,1-4H3,(H2,22,23,24);1H. The van der Waals surface area contributed by atoms with Gasteiger partial charge >= 0.3 is 0 Å². The SMILES string of the molecule is CCNC(=NCC(C)(O)c1cc(C)oc1C)NCCCCn1ccccc1=O.I. The van der Waals surface area contributed by atoms with Crippen molar-refractivity contribution in [2.75, 3.05) is 19.6 Å². The Morgan fingerprint density at radius 3 is 2.66 bits per heavy atom. The molecule has 2 aromatic heterocycles. The first-order chi connectivity index (χ1) is 13.3. The Labute approximate surface area is 189 Å². The summed E-state index contributed by atoms with van der Waals surface area (Å²) in [6.07, 6.45) is 3.60. The average molecular weight is 516 g/mol. The van der Waals surface area contributed by atoms with Crippen LogP contribution >= 0.6 is 24.0 Å². The number of halogens is 1. The van der Waals surface area contributed by atoms with Crippen molar-refractivity contribution in [3.63, 3.8) is 0 Å². The van der Waals surface area contributed by atoms with Gasteiger partial charge in [-0.05, 0) is 52.7 Å². The van der Waals surface area contributed by atoms with Gasteiger partial charge in [0.2, 0.25) is 5.56 Å². The number of hydrogen-bond donors (Lipinski definition) is 3. The Morgan fingerprint density at radius 2 is 2.03 bits per heavy atom. The molecule has 2 aromatic rings. The summed E-state index contributed by atoms with van der Waals surface area (Å²) in [5.74, 6) is 2.16. The van der Waals surface area contributed by atoms with E-state index >= 15 is 0 Å². The van der Waals surface area contributed by atoms with Crippen LogP contribution in [0.3, 0.4) is 0 Å². The molecule has 0 aliphatic heterocycles. The smallest absolute Gasteiger partial charge is 0.250 e. The van der Waals surface area contributed by atoms with Gasteiger partial charge in [-0.1, -0.05) is 6.07 Å².